The van der Waals surface area contributed by atoms with Gasteiger partial charge in [-0.2, -0.15) is 0 Å². The van der Waals surface area contributed by atoms with Gasteiger partial charge in [0.2, 0.25) is 10.0 Å². The van der Waals surface area contributed by atoms with E-state index in [0.29, 0.717) is 0 Å². The number of hydrogen-bond donors (Lipinski definition) is 3. The number of carboxylic acid groups (broad SMARTS) is 1. The zero-order valence-electron chi connectivity index (χ0n) is 11.2. The highest BCUT2D eigenvalue weighted by Gasteiger charge is 2.21. The maximum atomic E-state index is 12.2. The Balaban J connectivity index is 3.02. The minimum absolute atomic E-state index is 0.0979. The van der Waals surface area contributed by atoms with Gasteiger partial charge in [-0.1, -0.05) is 11.6 Å². The third kappa shape index (κ3) is 4.94. The molecule has 7 nitrogen and oxygen atoms in total. The highest BCUT2D eigenvalue weighted by molar-refractivity contribution is 7.89. The van der Waals surface area contributed by atoms with Gasteiger partial charge >= 0.3 is 5.97 Å². The molecule has 0 bridgehead atoms. The number of sulfonamides is 1. The van der Waals surface area contributed by atoms with E-state index in [9.17, 15) is 13.2 Å². The molecule has 1 aromatic carbocycles. The van der Waals surface area contributed by atoms with E-state index in [-0.39, 0.29) is 35.1 Å². The fourth-order valence-corrected chi connectivity index (χ4v) is 3.26. The van der Waals surface area contributed by atoms with Crippen molar-refractivity contribution < 1.29 is 28.2 Å². The lowest BCUT2D eigenvalue weighted by Crippen LogP contribution is -2.38. The van der Waals surface area contributed by atoms with E-state index in [4.69, 9.17) is 26.6 Å². The first-order valence-electron chi connectivity index (χ1n) is 5.96. The molecule has 0 heterocycles. The van der Waals surface area contributed by atoms with Gasteiger partial charge in [0.1, 0.15) is 0 Å². The predicted octanol–water partition coefficient (Wildman–Crippen LogP) is 0.714. The molecule has 0 radical (unpaired) electrons. The molecule has 0 spiro atoms. The average molecular weight is 338 g/mol. The molecule has 0 amide bonds. The van der Waals surface area contributed by atoms with Gasteiger partial charge in [0.05, 0.1) is 22.1 Å². The first kappa shape index (κ1) is 17.9. The quantitative estimate of drug-likeness (QED) is 0.644. The third-order valence-electron chi connectivity index (χ3n) is 2.65. The standard InChI is InChI=1S/C12H16ClNO6S/c1-20-7-8(4-5-15)14-21(18,19)9-2-3-10(12(16)17)11(13)6-9/h2-3,6,8,14-15H,4-5,7H2,1H3,(H,16,17). The summed E-state index contributed by atoms with van der Waals surface area (Å²) < 4.78 is 31.6. The van der Waals surface area contributed by atoms with Crippen LogP contribution in [0.5, 0.6) is 0 Å². The molecule has 1 unspecified atom stereocenters. The van der Waals surface area contributed by atoms with E-state index in [1.165, 1.54) is 7.11 Å². The van der Waals surface area contributed by atoms with Crippen molar-refractivity contribution in [1.82, 2.24) is 4.72 Å². The second-order valence-corrected chi connectivity index (χ2v) is 6.35. The van der Waals surface area contributed by atoms with Crippen LogP contribution in [0.2, 0.25) is 5.02 Å². The molecule has 1 rings (SSSR count). The number of aliphatic hydroxyl groups excluding tert-OH is 1. The average Bonchev–Trinajstić information content (AvgIpc) is 2.38. The van der Waals surface area contributed by atoms with Crippen LogP contribution in [-0.4, -0.2) is 51.0 Å². The smallest absolute Gasteiger partial charge is 0.337 e. The van der Waals surface area contributed by atoms with E-state index >= 15 is 0 Å². The normalized spacial score (nSPS) is 13.1. The lowest BCUT2D eigenvalue weighted by molar-refractivity contribution is 0.0697. The number of benzene rings is 1. The van der Waals surface area contributed by atoms with Crippen LogP contribution in [-0.2, 0) is 14.8 Å². The van der Waals surface area contributed by atoms with Crippen LogP contribution in [0.3, 0.4) is 0 Å². The van der Waals surface area contributed by atoms with Crippen molar-refractivity contribution in [3.8, 4) is 0 Å². The lowest BCUT2D eigenvalue weighted by Gasteiger charge is -2.17. The minimum atomic E-state index is -3.89. The zero-order chi connectivity index (χ0) is 16.0. The largest absolute Gasteiger partial charge is 0.478 e. The number of methoxy groups -OCH3 is 1. The van der Waals surface area contributed by atoms with Gasteiger partial charge in [-0.25, -0.2) is 17.9 Å². The maximum Gasteiger partial charge on any atom is 0.337 e. The number of hydrogen-bond acceptors (Lipinski definition) is 5. The fraction of sp³-hybridized carbons (Fsp3) is 0.417. The van der Waals surface area contributed by atoms with Gasteiger partial charge < -0.3 is 14.9 Å². The summed E-state index contributed by atoms with van der Waals surface area (Å²) >= 11 is 5.75. The van der Waals surface area contributed by atoms with Crippen molar-refractivity contribution >= 4 is 27.6 Å². The van der Waals surface area contributed by atoms with Crippen LogP contribution in [0.4, 0.5) is 0 Å². The summed E-state index contributed by atoms with van der Waals surface area (Å²) in [5.41, 5.74) is -0.181. The summed E-state index contributed by atoms with van der Waals surface area (Å²) in [6.45, 7) is -0.101. The molecule has 1 aromatic rings. The molecule has 0 saturated heterocycles. The molecule has 9 heteroatoms. The van der Waals surface area contributed by atoms with Crippen LogP contribution < -0.4 is 4.72 Å². The monoisotopic (exact) mass is 337 g/mol. The van der Waals surface area contributed by atoms with Crippen molar-refractivity contribution in [3.05, 3.63) is 28.8 Å². The van der Waals surface area contributed by atoms with Gasteiger partial charge in [0.25, 0.3) is 0 Å². The molecular weight excluding hydrogens is 322 g/mol. The molecule has 1 atom stereocenters. The first-order chi connectivity index (χ1) is 9.81. The number of nitrogens with one attached hydrogen (secondary N) is 1. The maximum absolute atomic E-state index is 12.2. The SMILES string of the molecule is COCC(CCO)NS(=O)(=O)c1ccc(C(=O)O)c(Cl)c1. The van der Waals surface area contributed by atoms with Crippen molar-refractivity contribution in [2.75, 3.05) is 20.3 Å². The van der Waals surface area contributed by atoms with E-state index in [0.717, 1.165) is 18.2 Å². The van der Waals surface area contributed by atoms with E-state index in [1.54, 1.807) is 0 Å². The van der Waals surface area contributed by atoms with Crippen LogP contribution in [0.1, 0.15) is 16.8 Å². The molecule has 3 N–H and O–H groups in total. The van der Waals surface area contributed by atoms with Gasteiger partial charge in [-0.05, 0) is 24.6 Å². The number of halogens is 1. The Bertz CT molecular complexity index is 598. The molecule has 118 valence electrons. The number of carboxylic acids is 1. The third-order valence-corrected chi connectivity index (χ3v) is 4.48. The van der Waals surface area contributed by atoms with Crippen molar-refractivity contribution in [3.63, 3.8) is 0 Å². The Morgan fingerprint density at radius 3 is 2.62 bits per heavy atom. The summed E-state index contributed by atoms with van der Waals surface area (Å²) in [6, 6.07) is 2.75. The van der Waals surface area contributed by atoms with Gasteiger partial charge in [0.15, 0.2) is 0 Å². The van der Waals surface area contributed by atoms with Gasteiger partial charge in [-0.15, -0.1) is 0 Å². The number of aromatic carboxylic acids is 1. The number of rotatable bonds is 8. The second-order valence-electron chi connectivity index (χ2n) is 4.23. The summed E-state index contributed by atoms with van der Waals surface area (Å²) in [5.74, 6) is -1.24. The topological polar surface area (TPSA) is 113 Å². The molecule has 21 heavy (non-hydrogen) atoms. The van der Waals surface area contributed by atoms with Crippen LogP contribution in [0, 0.1) is 0 Å². The van der Waals surface area contributed by atoms with Crippen LogP contribution in [0.25, 0.3) is 0 Å². The first-order valence-corrected chi connectivity index (χ1v) is 7.83. The Hall–Kier alpha value is -1.19. The Labute approximate surface area is 127 Å². The van der Waals surface area contributed by atoms with Crippen LogP contribution in [0.15, 0.2) is 23.1 Å². The number of carbonyl (C=O) groups is 1. The summed E-state index contributed by atoms with van der Waals surface area (Å²) in [7, 11) is -2.47. The Kier molecular flexibility index (Phi) is 6.56. The Morgan fingerprint density at radius 2 is 2.14 bits per heavy atom. The molecule has 0 aromatic heterocycles. The van der Waals surface area contributed by atoms with Gasteiger partial charge in [0, 0.05) is 19.8 Å². The summed E-state index contributed by atoms with van der Waals surface area (Å²) in [4.78, 5) is 10.7. The Morgan fingerprint density at radius 1 is 1.48 bits per heavy atom. The van der Waals surface area contributed by atoms with E-state index < -0.39 is 22.0 Å². The predicted molar refractivity (Wildman–Crippen MR) is 76.1 cm³/mol. The molecular formula is C12H16ClNO6S. The zero-order valence-corrected chi connectivity index (χ0v) is 12.8. The highest BCUT2D eigenvalue weighted by atomic mass is 35.5. The molecule has 0 aliphatic carbocycles. The fourth-order valence-electron chi connectivity index (χ4n) is 1.66. The summed E-state index contributed by atoms with van der Waals surface area (Å²) in [5, 5.41) is 17.6. The molecule has 0 aliphatic heterocycles. The molecule has 0 fully saturated rings. The second kappa shape index (κ2) is 7.71. The highest BCUT2D eigenvalue weighted by Crippen LogP contribution is 2.21. The molecule has 0 aliphatic rings. The lowest BCUT2D eigenvalue weighted by atomic mass is 10.2. The summed E-state index contributed by atoms with van der Waals surface area (Å²) in [6.07, 6.45) is 0.189. The van der Waals surface area contributed by atoms with E-state index in [2.05, 4.69) is 4.72 Å². The number of ether oxygens (including phenoxy) is 1. The number of aliphatic hydroxyl groups is 1. The van der Waals surface area contributed by atoms with Crippen molar-refractivity contribution in [1.29, 1.82) is 0 Å². The van der Waals surface area contributed by atoms with E-state index in [1.807, 2.05) is 0 Å². The van der Waals surface area contributed by atoms with Crippen molar-refractivity contribution in [2.24, 2.45) is 0 Å². The van der Waals surface area contributed by atoms with Gasteiger partial charge in [-0.3, -0.25) is 0 Å². The van der Waals surface area contributed by atoms with Crippen LogP contribution >= 0.6 is 11.6 Å². The van der Waals surface area contributed by atoms with Crippen molar-refractivity contribution in [2.45, 2.75) is 17.4 Å². The minimum Gasteiger partial charge on any atom is -0.478 e. The molecule has 0 saturated carbocycles.